The number of nitrogens with one attached hydrogen (secondary N) is 1. The fraction of sp³-hybridized carbons (Fsp3) is 0.350. The first-order chi connectivity index (χ1) is 12.7. The Morgan fingerprint density at radius 1 is 1.19 bits per heavy atom. The average molecular weight is 390 g/mol. The molecule has 2 heterocycles. The first-order valence-corrected chi connectivity index (χ1v) is 8.83. The highest BCUT2D eigenvalue weighted by Crippen LogP contribution is 2.31. The van der Waals surface area contributed by atoms with Crippen molar-refractivity contribution in [3.63, 3.8) is 0 Å². The molecule has 0 saturated carbocycles. The van der Waals surface area contributed by atoms with Crippen LogP contribution < -0.4 is 10.4 Å². The van der Waals surface area contributed by atoms with Gasteiger partial charge in [0, 0.05) is 31.2 Å². The fourth-order valence-electron chi connectivity index (χ4n) is 3.39. The van der Waals surface area contributed by atoms with Gasteiger partial charge in [0.15, 0.2) is 0 Å². The summed E-state index contributed by atoms with van der Waals surface area (Å²) < 4.78 is 0. The summed E-state index contributed by atoms with van der Waals surface area (Å²) in [6.45, 7) is 3.81. The highest BCUT2D eigenvalue weighted by Gasteiger charge is 2.22. The monoisotopic (exact) mass is 389 g/mol. The zero-order valence-corrected chi connectivity index (χ0v) is 16.0. The van der Waals surface area contributed by atoms with Gasteiger partial charge in [0.05, 0.1) is 5.92 Å². The molecular weight excluding hydrogens is 366 g/mol. The van der Waals surface area contributed by atoms with E-state index in [0.717, 1.165) is 31.5 Å². The number of carbonyl (C=O) groups is 2. The summed E-state index contributed by atoms with van der Waals surface area (Å²) in [5.74, 6) is -0.373. The lowest BCUT2D eigenvalue weighted by Gasteiger charge is -2.33. The minimum absolute atomic E-state index is 0. The zero-order valence-electron chi connectivity index (χ0n) is 15.2. The van der Waals surface area contributed by atoms with E-state index in [1.807, 2.05) is 30.0 Å². The van der Waals surface area contributed by atoms with E-state index in [9.17, 15) is 9.59 Å². The molecule has 2 aromatic rings. The molecular formula is C20H24ClN3O3. The van der Waals surface area contributed by atoms with Gasteiger partial charge < -0.3 is 9.74 Å². The molecule has 1 amide bonds. The number of benzene rings is 1. The lowest BCUT2D eigenvalue weighted by atomic mass is 9.88. The van der Waals surface area contributed by atoms with E-state index in [1.165, 1.54) is 11.3 Å². The Balaban J connectivity index is 0.00000261. The van der Waals surface area contributed by atoms with Crippen LogP contribution in [-0.4, -0.2) is 30.5 Å². The van der Waals surface area contributed by atoms with Gasteiger partial charge in [-0.25, -0.2) is 4.79 Å². The molecule has 6 nitrogen and oxygen atoms in total. The van der Waals surface area contributed by atoms with E-state index in [-0.39, 0.29) is 12.4 Å². The standard InChI is InChI=1S/C20H23N3O3.ClH/c1-15(20(25)26-22-14-24)16-2-4-17(5-3-16)18-8-12-23(13-9-18)19-6-10-21-11-7-19;/h2-7,10-11,14-15,18H,8-9,12-13H2,1H3,(H,22,24);1H. The van der Waals surface area contributed by atoms with Crippen molar-refractivity contribution < 1.29 is 14.4 Å². The quantitative estimate of drug-likeness (QED) is 0.606. The third-order valence-corrected chi connectivity index (χ3v) is 4.99. The molecule has 0 aliphatic carbocycles. The number of carbonyl (C=O) groups excluding carboxylic acids is 2. The Bertz CT molecular complexity index is 732. The average Bonchev–Trinajstić information content (AvgIpc) is 2.72. The number of nitrogens with zero attached hydrogens (tertiary/aromatic N) is 2. The van der Waals surface area contributed by atoms with Gasteiger partial charge in [-0.15, -0.1) is 12.4 Å². The smallest absolute Gasteiger partial charge is 0.339 e. The molecule has 0 spiro atoms. The molecule has 1 aliphatic rings. The van der Waals surface area contributed by atoms with Crippen molar-refractivity contribution in [1.29, 1.82) is 0 Å². The van der Waals surface area contributed by atoms with Crippen LogP contribution in [0.5, 0.6) is 0 Å². The van der Waals surface area contributed by atoms with Gasteiger partial charge in [0.2, 0.25) is 6.41 Å². The molecule has 0 bridgehead atoms. The lowest BCUT2D eigenvalue weighted by molar-refractivity contribution is -0.155. The van der Waals surface area contributed by atoms with Crippen LogP contribution >= 0.6 is 12.4 Å². The van der Waals surface area contributed by atoms with E-state index in [2.05, 4.69) is 39.0 Å². The molecule has 1 aliphatic heterocycles. The van der Waals surface area contributed by atoms with Gasteiger partial charge >= 0.3 is 5.97 Å². The highest BCUT2D eigenvalue weighted by molar-refractivity contribution is 5.85. The number of pyridine rings is 1. The van der Waals surface area contributed by atoms with Gasteiger partial charge in [-0.1, -0.05) is 24.3 Å². The second kappa shape index (κ2) is 9.92. The third-order valence-electron chi connectivity index (χ3n) is 4.99. The van der Waals surface area contributed by atoms with Crippen LogP contribution in [0.3, 0.4) is 0 Å². The van der Waals surface area contributed by atoms with Crippen molar-refractivity contribution in [2.24, 2.45) is 0 Å². The molecule has 144 valence electrons. The molecule has 1 unspecified atom stereocenters. The minimum Gasteiger partial charge on any atom is -0.371 e. The summed E-state index contributed by atoms with van der Waals surface area (Å²) in [5, 5.41) is 0. The normalized spacial score (nSPS) is 15.4. The van der Waals surface area contributed by atoms with Crippen molar-refractivity contribution in [3.8, 4) is 0 Å². The van der Waals surface area contributed by atoms with Crippen molar-refractivity contribution in [2.75, 3.05) is 18.0 Å². The zero-order chi connectivity index (χ0) is 18.4. The summed E-state index contributed by atoms with van der Waals surface area (Å²) in [5.41, 5.74) is 5.34. The van der Waals surface area contributed by atoms with Crippen molar-refractivity contribution in [3.05, 3.63) is 59.9 Å². The Hall–Kier alpha value is -2.60. The van der Waals surface area contributed by atoms with Crippen LogP contribution in [0.1, 0.15) is 42.7 Å². The third kappa shape index (κ3) is 5.20. The van der Waals surface area contributed by atoms with Gasteiger partial charge in [-0.3, -0.25) is 9.78 Å². The Kier molecular flexibility index (Phi) is 7.61. The fourth-order valence-corrected chi connectivity index (χ4v) is 3.39. The minimum atomic E-state index is -0.476. The number of hydrogen-bond donors (Lipinski definition) is 1. The molecule has 1 atom stereocenters. The number of rotatable bonds is 6. The van der Waals surface area contributed by atoms with Crippen molar-refractivity contribution in [1.82, 2.24) is 10.5 Å². The number of hydroxylamine groups is 1. The van der Waals surface area contributed by atoms with Gasteiger partial charge in [-0.05, 0) is 48.9 Å². The van der Waals surface area contributed by atoms with Crippen LogP contribution in [0.4, 0.5) is 5.69 Å². The maximum Gasteiger partial charge on any atom is 0.339 e. The van der Waals surface area contributed by atoms with Gasteiger partial charge in [-0.2, -0.15) is 5.48 Å². The molecule has 27 heavy (non-hydrogen) atoms. The number of hydrogen-bond acceptors (Lipinski definition) is 5. The summed E-state index contributed by atoms with van der Waals surface area (Å²) in [4.78, 5) is 33.1. The van der Waals surface area contributed by atoms with Crippen LogP contribution in [0.15, 0.2) is 48.8 Å². The molecule has 1 aromatic heterocycles. The molecule has 1 fully saturated rings. The number of halogens is 1. The van der Waals surface area contributed by atoms with E-state index >= 15 is 0 Å². The van der Waals surface area contributed by atoms with E-state index in [0.29, 0.717) is 12.3 Å². The second-order valence-corrected chi connectivity index (χ2v) is 6.51. The molecule has 1 N–H and O–H groups in total. The molecule has 7 heteroatoms. The van der Waals surface area contributed by atoms with E-state index in [4.69, 9.17) is 0 Å². The van der Waals surface area contributed by atoms with Crippen LogP contribution in [0, 0.1) is 0 Å². The second-order valence-electron chi connectivity index (χ2n) is 6.51. The molecule has 0 radical (unpaired) electrons. The predicted octanol–water partition coefficient (Wildman–Crippen LogP) is 3.20. The number of amides is 1. The number of anilines is 1. The SMILES string of the molecule is CC(C(=O)ONC=O)c1ccc(C2CCN(c3ccncc3)CC2)cc1.Cl. The maximum absolute atomic E-state index is 11.8. The molecule has 3 rings (SSSR count). The lowest BCUT2D eigenvalue weighted by Crippen LogP contribution is -2.32. The molecule has 1 saturated heterocycles. The first-order valence-electron chi connectivity index (χ1n) is 8.83. The Labute approximate surface area is 165 Å². The Morgan fingerprint density at radius 2 is 1.81 bits per heavy atom. The summed E-state index contributed by atoms with van der Waals surface area (Å²) in [7, 11) is 0. The summed E-state index contributed by atoms with van der Waals surface area (Å²) in [6, 6.07) is 12.2. The first kappa shape index (κ1) is 20.7. The largest absolute Gasteiger partial charge is 0.371 e. The Morgan fingerprint density at radius 3 is 2.41 bits per heavy atom. The van der Waals surface area contributed by atoms with Gasteiger partial charge in [0.1, 0.15) is 0 Å². The number of aromatic nitrogens is 1. The van der Waals surface area contributed by atoms with Crippen molar-refractivity contribution >= 4 is 30.5 Å². The summed E-state index contributed by atoms with van der Waals surface area (Å²) >= 11 is 0. The van der Waals surface area contributed by atoms with Crippen molar-refractivity contribution in [2.45, 2.75) is 31.6 Å². The predicted molar refractivity (Wildman–Crippen MR) is 106 cm³/mol. The van der Waals surface area contributed by atoms with E-state index in [1.54, 1.807) is 6.92 Å². The topological polar surface area (TPSA) is 71.5 Å². The maximum atomic E-state index is 11.8. The number of piperidine rings is 1. The molecule has 1 aromatic carbocycles. The highest BCUT2D eigenvalue weighted by atomic mass is 35.5. The van der Waals surface area contributed by atoms with Crippen LogP contribution in [-0.2, 0) is 14.4 Å². The summed E-state index contributed by atoms with van der Waals surface area (Å²) in [6.07, 6.45) is 6.20. The van der Waals surface area contributed by atoms with E-state index < -0.39 is 11.9 Å². The van der Waals surface area contributed by atoms with Crippen LogP contribution in [0.2, 0.25) is 0 Å². The van der Waals surface area contributed by atoms with Crippen LogP contribution in [0.25, 0.3) is 0 Å². The van der Waals surface area contributed by atoms with Gasteiger partial charge in [0.25, 0.3) is 0 Å².